The summed E-state index contributed by atoms with van der Waals surface area (Å²) in [4.78, 5) is 4.68. The number of fused-ring (bicyclic) bond motifs is 1. The molecule has 0 radical (unpaired) electrons. The van der Waals surface area contributed by atoms with Crippen molar-refractivity contribution in [2.75, 3.05) is 6.61 Å². The minimum absolute atomic E-state index is 0.0477. The van der Waals surface area contributed by atoms with Gasteiger partial charge in [-0.2, -0.15) is 0 Å². The molecular formula is C15H23N3O. The average Bonchev–Trinajstić information content (AvgIpc) is 2.78. The van der Waals surface area contributed by atoms with Gasteiger partial charge in [-0.15, -0.1) is 0 Å². The van der Waals surface area contributed by atoms with Crippen LogP contribution in [-0.2, 0) is 6.42 Å². The van der Waals surface area contributed by atoms with E-state index in [1.54, 1.807) is 0 Å². The fourth-order valence-corrected chi connectivity index (χ4v) is 2.54. The van der Waals surface area contributed by atoms with Crippen LogP contribution in [0.2, 0.25) is 0 Å². The van der Waals surface area contributed by atoms with E-state index in [-0.39, 0.29) is 18.7 Å². The molecule has 4 nitrogen and oxygen atoms in total. The van der Waals surface area contributed by atoms with Crippen LogP contribution < -0.4 is 5.73 Å². The number of aromatic nitrogens is 2. The molecule has 0 saturated heterocycles. The standard InChI is InChI=1S/C15H23N3O/c1-3-7-15-17-12-8-5-6-9-13(12)18(15)14(10-19)11(16)4-2/h5-6,8-9,11,14,19H,3-4,7,10,16H2,1-2H3. The van der Waals surface area contributed by atoms with Gasteiger partial charge in [0.1, 0.15) is 5.82 Å². The van der Waals surface area contributed by atoms with Crippen LogP contribution in [0.3, 0.4) is 0 Å². The summed E-state index contributed by atoms with van der Waals surface area (Å²) >= 11 is 0. The molecule has 0 saturated carbocycles. The number of aliphatic hydroxyl groups excluding tert-OH is 1. The van der Waals surface area contributed by atoms with E-state index in [9.17, 15) is 5.11 Å². The number of aryl methyl sites for hydroxylation is 1. The van der Waals surface area contributed by atoms with Crippen molar-refractivity contribution < 1.29 is 5.11 Å². The predicted molar refractivity (Wildman–Crippen MR) is 78.1 cm³/mol. The normalized spacial score (nSPS) is 14.7. The molecule has 0 aliphatic rings. The van der Waals surface area contributed by atoms with Crippen LogP contribution in [0.15, 0.2) is 24.3 Å². The Morgan fingerprint density at radius 3 is 2.68 bits per heavy atom. The van der Waals surface area contributed by atoms with Crippen molar-refractivity contribution in [2.24, 2.45) is 5.73 Å². The summed E-state index contributed by atoms with van der Waals surface area (Å²) in [6.07, 6.45) is 2.77. The number of imidazole rings is 1. The molecule has 0 bridgehead atoms. The SMILES string of the molecule is CCCc1nc2ccccc2n1C(CO)C(N)CC. The van der Waals surface area contributed by atoms with E-state index in [1.165, 1.54) is 0 Å². The minimum atomic E-state index is -0.0982. The largest absolute Gasteiger partial charge is 0.394 e. The number of nitrogens with two attached hydrogens (primary N) is 1. The Morgan fingerprint density at radius 1 is 1.32 bits per heavy atom. The van der Waals surface area contributed by atoms with Crippen LogP contribution in [0.1, 0.15) is 38.6 Å². The van der Waals surface area contributed by atoms with Gasteiger partial charge < -0.3 is 15.4 Å². The molecule has 3 N–H and O–H groups in total. The summed E-state index contributed by atoms with van der Waals surface area (Å²) in [5.41, 5.74) is 8.21. The van der Waals surface area contributed by atoms with Crippen molar-refractivity contribution in [3.8, 4) is 0 Å². The van der Waals surface area contributed by atoms with Crippen LogP contribution in [0.25, 0.3) is 11.0 Å². The third-order valence-corrected chi connectivity index (χ3v) is 3.63. The van der Waals surface area contributed by atoms with Crippen molar-refractivity contribution in [2.45, 2.75) is 45.2 Å². The van der Waals surface area contributed by atoms with Crippen LogP contribution in [-0.4, -0.2) is 27.3 Å². The van der Waals surface area contributed by atoms with Gasteiger partial charge in [-0.25, -0.2) is 4.98 Å². The fraction of sp³-hybridized carbons (Fsp3) is 0.533. The molecule has 1 aromatic carbocycles. The molecule has 0 fully saturated rings. The van der Waals surface area contributed by atoms with Gasteiger partial charge in [-0.3, -0.25) is 0 Å². The second-order valence-corrected chi connectivity index (χ2v) is 4.96. The second kappa shape index (κ2) is 6.17. The van der Waals surface area contributed by atoms with Gasteiger partial charge in [0, 0.05) is 12.5 Å². The summed E-state index contributed by atoms with van der Waals surface area (Å²) < 4.78 is 2.13. The van der Waals surface area contributed by atoms with Crippen molar-refractivity contribution in [1.82, 2.24) is 9.55 Å². The lowest BCUT2D eigenvalue weighted by atomic mass is 10.1. The van der Waals surface area contributed by atoms with E-state index in [4.69, 9.17) is 5.73 Å². The molecule has 0 spiro atoms. The average molecular weight is 261 g/mol. The zero-order chi connectivity index (χ0) is 13.8. The zero-order valence-corrected chi connectivity index (χ0v) is 11.7. The van der Waals surface area contributed by atoms with E-state index < -0.39 is 0 Å². The van der Waals surface area contributed by atoms with E-state index in [1.807, 2.05) is 31.2 Å². The van der Waals surface area contributed by atoms with Crippen LogP contribution >= 0.6 is 0 Å². The summed E-state index contributed by atoms with van der Waals surface area (Å²) in [5, 5.41) is 9.72. The maximum atomic E-state index is 9.72. The van der Waals surface area contributed by atoms with E-state index in [0.29, 0.717) is 0 Å². The van der Waals surface area contributed by atoms with Gasteiger partial charge in [0.15, 0.2) is 0 Å². The Balaban J connectivity index is 2.57. The van der Waals surface area contributed by atoms with Crippen molar-refractivity contribution in [1.29, 1.82) is 0 Å². The van der Waals surface area contributed by atoms with Crippen molar-refractivity contribution in [3.05, 3.63) is 30.1 Å². The Hall–Kier alpha value is -1.39. The third-order valence-electron chi connectivity index (χ3n) is 3.63. The highest BCUT2D eigenvalue weighted by atomic mass is 16.3. The van der Waals surface area contributed by atoms with Crippen molar-refractivity contribution >= 4 is 11.0 Å². The Bertz CT molecular complexity index is 535. The molecule has 2 rings (SSSR count). The number of aliphatic hydroxyl groups is 1. The van der Waals surface area contributed by atoms with Crippen LogP contribution in [0.5, 0.6) is 0 Å². The monoisotopic (exact) mass is 261 g/mol. The number of rotatable bonds is 6. The number of nitrogens with zero attached hydrogens (tertiary/aromatic N) is 2. The lowest BCUT2D eigenvalue weighted by Gasteiger charge is -2.25. The number of benzene rings is 1. The van der Waals surface area contributed by atoms with E-state index >= 15 is 0 Å². The topological polar surface area (TPSA) is 64.1 Å². The number of hydrogen-bond acceptors (Lipinski definition) is 3. The summed E-state index contributed by atoms with van der Waals surface area (Å²) in [7, 11) is 0. The molecule has 2 atom stereocenters. The molecule has 19 heavy (non-hydrogen) atoms. The molecular weight excluding hydrogens is 238 g/mol. The van der Waals surface area contributed by atoms with Gasteiger partial charge in [0.25, 0.3) is 0 Å². The molecule has 0 aliphatic carbocycles. The zero-order valence-electron chi connectivity index (χ0n) is 11.7. The van der Waals surface area contributed by atoms with Crippen LogP contribution in [0, 0.1) is 0 Å². The van der Waals surface area contributed by atoms with E-state index in [0.717, 1.165) is 36.1 Å². The lowest BCUT2D eigenvalue weighted by Crippen LogP contribution is -2.35. The smallest absolute Gasteiger partial charge is 0.110 e. The molecule has 4 heteroatoms. The van der Waals surface area contributed by atoms with Gasteiger partial charge in [0.05, 0.1) is 23.7 Å². The highest BCUT2D eigenvalue weighted by Crippen LogP contribution is 2.24. The van der Waals surface area contributed by atoms with Gasteiger partial charge >= 0.3 is 0 Å². The lowest BCUT2D eigenvalue weighted by molar-refractivity contribution is 0.205. The first-order valence-electron chi connectivity index (χ1n) is 7.05. The Labute approximate surface area is 114 Å². The summed E-state index contributed by atoms with van der Waals surface area (Å²) in [6.45, 7) is 4.23. The van der Waals surface area contributed by atoms with Gasteiger partial charge in [0.2, 0.25) is 0 Å². The predicted octanol–water partition coefficient (Wildman–Crippen LogP) is 2.26. The van der Waals surface area contributed by atoms with Gasteiger partial charge in [-0.1, -0.05) is 26.0 Å². The second-order valence-electron chi connectivity index (χ2n) is 4.96. The third kappa shape index (κ3) is 2.65. The van der Waals surface area contributed by atoms with E-state index in [2.05, 4.69) is 16.5 Å². The highest BCUT2D eigenvalue weighted by Gasteiger charge is 2.22. The molecule has 1 heterocycles. The molecule has 2 aromatic rings. The number of hydrogen-bond donors (Lipinski definition) is 2. The van der Waals surface area contributed by atoms with Crippen LogP contribution in [0.4, 0.5) is 0 Å². The number of para-hydroxylation sites is 2. The fourth-order valence-electron chi connectivity index (χ4n) is 2.54. The maximum absolute atomic E-state index is 9.72. The first kappa shape index (κ1) is 14.0. The summed E-state index contributed by atoms with van der Waals surface area (Å²) in [5.74, 6) is 1.02. The first-order valence-corrected chi connectivity index (χ1v) is 7.05. The quantitative estimate of drug-likeness (QED) is 0.838. The highest BCUT2D eigenvalue weighted by molar-refractivity contribution is 5.76. The molecule has 0 aliphatic heterocycles. The first-order chi connectivity index (χ1) is 9.22. The molecule has 104 valence electrons. The Kier molecular flexibility index (Phi) is 4.56. The summed E-state index contributed by atoms with van der Waals surface area (Å²) in [6, 6.07) is 7.89. The van der Waals surface area contributed by atoms with Crippen molar-refractivity contribution in [3.63, 3.8) is 0 Å². The minimum Gasteiger partial charge on any atom is -0.394 e. The molecule has 0 amide bonds. The Morgan fingerprint density at radius 2 is 2.05 bits per heavy atom. The van der Waals surface area contributed by atoms with Gasteiger partial charge in [-0.05, 0) is 25.0 Å². The molecule has 2 unspecified atom stereocenters. The maximum Gasteiger partial charge on any atom is 0.110 e. The molecule has 1 aromatic heterocycles.